The van der Waals surface area contributed by atoms with Gasteiger partial charge in [-0.25, -0.2) is 0 Å². The van der Waals surface area contributed by atoms with Crippen molar-refractivity contribution >= 4 is 229 Å². The molecule has 0 aliphatic rings. The van der Waals surface area contributed by atoms with Crippen LogP contribution in [0.25, 0.3) is 329 Å². The Morgan fingerprint density at radius 1 is 0.0933 bits per heavy atom. The van der Waals surface area contributed by atoms with Crippen LogP contribution in [0.4, 0.5) is 0 Å². The Balaban J connectivity index is 0.000000101. The average molecular weight is 1910 g/mol. The summed E-state index contributed by atoms with van der Waals surface area (Å²) in [7, 11) is 0. The Morgan fingerprint density at radius 2 is 0.327 bits per heavy atom. The Hall–Kier alpha value is -19.9. The second-order valence-corrected chi connectivity index (χ2v) is 39.6. The van der Waals surface area contributed by atoms with E-state index in [9.17, 15) is 0 Å². The maximum Gasteiger partial charge on any atom is 0.147 e. The molecule has 0 unspecified atom stereocenters. The summed E-state index contributed by atoms with van der Waals surface area (Å²) >= 11 is 0. The smallest absolute Gasteiger partial charge is 0.147 e. The molecule has 0 amide bonds. The van der Waals surface area contributed by atoms with Gasteiger partial charge in [0.15, 0.2) is 0 Å². The molecule has 0 radical (unpaired) electrons. The Kier molecular flexibility index (Phi) is 19.1. The number of rotatable bonds is 9. The zero-order chi connectivity index (χ0) is 98.3. The molecule has 0 atom stereocenters. The van der Waals surface area contributed by atoms with Crippen molar-refractivity contribution in [3.8, 4) is 100 Å². The van der Waals surface area contributed by atoms with Gasteiger partial charge in [0.2, 0.25) is 0 Å². The molecule has 0 fully saturated rings. The molecule has 0 aliphatic carbocycles. The summed E-state index contributed by atoms with van der Waals surface area (Å²) in [6, 6.07) is 183. The molecule has 0 bridgehead atoms. The van der Waals surface area contributed by atoms with Gasteiger partial charge in [-0.05, 0) is 289 Å². The molecular formula is C144H84O6. The molecule has 0 saturated heterocycles. The van der Waals surface area contributed by atoms with Crippen LogP contribution in [0, 0.1) is 0 Å². The van der Waals surface area contributed by atoms with Crippen molar-refractivity contribution in [3.05, 3.63) is 510 Å². The third kappa shape index (κ3) is 13.5. The lowest BCUT2D eigenvalue weighted by atomic mass is 9.86. The molecule has 6 aromatic heterocycles. The highest BCUT2D eigenvalue weighted by Crippen LogP contribution is 2.53. The van der Waals surface area contributed by atoms with Crippen LogP contribution in [0.15, 0.2) is 536 Å². The van der Waals surface area contributed by atoms with E-state index in [4.69, 9.17) is 26.5 Å². The molecule has 6 nitrogen and oxygen atoms in total. The van der Waals surface area contributed by atoms with Crippen LogP contribution in [0.2, 0.25) is 0 Å². The highest BCUT2D eigenvalue weighted by atomic mass is 16.4. The Labute approximate surface area is 858 Å². The van der Waals surface area contributed by atoms with Crippen LogP contribution in [0.1, 0.15) is 0 Å². The van der Waals surface area contributed by atoms with E-state index >= 15 is 0 Å². The van der Waals surface area contributed by atoms with Crippen LogP contribution >= 0.6 is 0 Å². The number of fused-ring (bicyclic) bond motifs is 31. The Bertz CT molecular complexity index is 11200. The minimum Gasteiger partial charge on any atom is -0.456 e. The quantitative estimate of drug-likeness (QED) is 0.134. The molecule has 6 heteroatoms. The normalized spacial score (nSPS) is 12.0. The molecule has 696 valence electrons. The third-order valence-electron chi connectivity index (χ3n) is 31.4. The zero-order valence-corrected chi connectivity index (χ0v) is 80.9. The van der Waals surface area contributed by atoms with Gasteiger partial charge in [-0.2, -0.15) is 0 Å². The van der Waals surface area contributed by atoms with Gasteiger partial charge in [-0.1, -0.05) is 413 Å². The largest absolute Gasteiger partial charge is 0.456 e. The van der Waals surface area contributed by atoms with Gasteiger partial charge < -0.3 is 26.5 Å². The van der Waals surface area contributed by atoms with Crippen molar-refractivity contribution in [1.29, 1.82) is 0 Å². The number of furan rings is 6. The zero-order valence-electron chi connectivity index (χ0n) is 80.9. The highest BCUT2D eigenvalue weighted by Gasteiger charge is 2.27. The van der Waals surface area contributed by atoms with Gasteiger partial charge in [0.1, 0.15) is 67.0 Å². The first-order valence-corrected chi connectivity index (χ1v) is 51.3. The predicted molar refractivity (Wildman–Crippen MR) is 629 cm³/mol. The molecule has 27 aromatic carbocycles. The second-order valence-electron chi connectivity index (χ2n) is 39.6. The summed E-state index contributed by atoms with van der Waals surface area (Å²) in [5.41, 5.74) is 32.4. The number of hydrogen-bond donors (Lipinski definition) is 0. The van der Waals surface area contributed by atoms with Gasteiger partial charge in [0, 0.05) is 59.2 Å². The van der Waals surface area contributed by atoms with E-state index in [-0.39, 0.29) is 0 Å². The monoisotopic (exact) mass is 1910 g/mol. The van der Waals surface area contributed by atoms with Gasteiger partial charge in [0.25, 0.3) is 0 Å². The minimum absolute atomic E-state index is 0.834. The summed E-state index contributed by atoms with van der Waals surface area (Å²) in [6.45, 7) is 0. The standard InChI is InChI=1S/3C48H28O2/c1-2-11-31(12-3-1)44-35-14-6-8-16-37(35)45(38-17-9-7-15-36(38)44)32-20-18-29(19-21-32)33-23-25-41-40(28-33)47-43(49-41)27-24-39-46-34-13-5-4-10-30(34)22-26-42(46)50-48(39)47;1-2-11-31(12-3-1)44-35-14-6-8-16-37(35)45(38-17-9-7-15-36(38)44)32-20-18-29(19-21-32)33-23-26-42-41(28-33)39-25-27-43-46(48(39)49-42)40-24-22-30-10-4-5-13-34(30)47(40)50-43;1-2-10-30(11-3-1)47-35-14-6-8-16-37(35)48(38-17-9-7-15-36(38)47)31-20-18-29(19-21-31)34-22-23-43-39(25-34)41-27-46-42(28-45(41)49-43)40-24-32-12-4-5-13-33(32)26-44(40)50-46/h3*1-28H. The van der Waals surface area contributed by atoms with E-state index in [1.165, 1.54) is 164 Å². The minimum atomic E-state index is 0.834. The van der Waals surface area contributed by atoms with E-state index < -0.39 is 0 Å². The van der Waals surface area contributed by atoms with Crippen LogP contribution < -0.4 is 0 Å². The molecule has 0 spiro atoms. The van der Waals surface area contributed by atoms with Gasteiger partial charge in [-0.3, -0.25) is 0 Å². The molecule has 33 rings (SSSR count). The fraction of sp³-hybridized carbons (Fsp3) is 0. The van der Waals surface area contributed by atoms with E-state index in [2.05, 4.69) is 510 Å². The second kappa shape index (κ2) is 33.9. The summed E-state index contributed by atoms with van der Waals surface area (Å²) < 4.78 is 38.8. The number of hydrogen-bond acceptors (Lipinski definition) is 6. The summed E-state index contributed by atoms with van der Waals surface area (Å²) in [5, 5.41) is 35.2. The highest BCUT2D eigenvalue weighted by molar-refractivity contribution is 6.31. The molecule has 6 heterocycles. The van der Waals surface area contributed by atoms with Gasteiger partial charge in [-0.15, -0.1) is 0 Å². The lowest BCUT2D eigenvalue weighted by molar-refractivity contribution is 0.662. The molecule has 33 aromatic rings. The lowest BCUT2D eigenvalue weighted by Gasteiger charge is -2.18. The van der Waals surface area contributed by atoms with E-state index in [1.54, 1.807) is 0 Å². The molecule has 0 saturated carbocycles. The molecule has 0 aliphatic heterocycles. The summed E-state index contributed by atoms with van der Waals surface area (Å²) in [6.07, 6.45) is 0. The maximum absolute atomic E-state index is 6.60. The van der Waals surface area contributed by atoms with Gasteiger partial charge in [0.05, 0.1) is 10.8 Å². The summed E-state index contributed by atoms with van der Waals surface area (Å²) in [4.78, 5) is 0. The van der Waals surface area contributed by atoms with E-state index in [1.807, 2.05) is 0 Å². The first-order valence-electron chi connectivity index (χ1n) is 51.3. The lowest BCUT2D eigenvalue weighted by Crippen LogP contribution is -1.90. The van der Waals surface area contributed by atoms with Crippen molar-refractivity contribution in [2.45, 2.75) is 0 Å². The molecule has 150 heavy (non-hydrogen) atoms. The number of benzene rings is 27. The topological polar surface area (TPSA) is 78.8 Å². The van der Waals surface area contributed by atoms with Crippen LogP contribution in [-0.2, 0) is 0 Å². The first kappa shape index (κ1) is 84.6. The van der Waals surface area contributed by atoms with Crippen LogP contribution in [-0.4, -0.2) is 0 Å². The van der Waals surface area contributed by atoms with Crippen molar-refractivity contribution in [2.75, 3.05) is 0 Å². The van der Waals surface area contributed by atoms with Crippen molar-refractivity contribution in [1.82, 2.24) is 0 Å². The maximum atomic E-state index is 6.60. The Morgan fingerprint density at radius 3 is 0.767 bits per heavy atom. The average Bonchev–Trinajstić information content (AvgIpc) is 1.61. The SMILES string of the molecule is c1ccc(-c2c3ccccc3c(-c3ccc(-c4ccc5oc6c(ccc7oc8c9ccccc9ccc8c76)c5c4)cc3)c3ccccc23)cc1.c1ccc(-c2c3ccccc3c(-c3ccc(-c4ccc5oc6cc7c(cc6c5c4)oc4cc5ccccc5cc47)cc3)c3ccccc23)cc1.c1ccc(-c2c3ccccc3c(-c3ccc(-c4ccc5oc6ccc7c(oc8ccc9ccccc9c87)c6c5c4)cc3)c3ccccc23)cc1. The molecule has 0 N–H and O–H groups in total. The van der Waals surface area contributed by atoms with Crippen LogP contribution in [0.5, 0.6) is 0 Å². The molecular weight excluding hydrogens is 1830 g/mol. The van der Waals surface area contributed by atoms with Crippen molar-refractivity contribution < 1.29 is 26.5 Å². The van der Waals surface area contributed by atoms with Crippen molar-refractivity contribution in [2.24, 2.45) is 0 Å². The van der Waals surface area contributed by atoms with Gasteiger partial charge >= 0.3 is 0 Å². The van der Waals surface area contributed by atoms with Crippen molar-refractivity contribution in [3.63, 3.8) is 0 Å². The predicted octanol–water partition coefficient (Wildman–Crippen LogP) is 41.8. The van der Waals surface area contributed by atoms with E-state index in [0.717, 1.165) is 165 Å². The first-order chi connectivity index (χ1) is 74.4. The van der Waals surface area contributed by atoms with Crippen LogP contribution in [0.3, 0.4) is 0 Å². The third-order valence-corrected chi connectivity index (χ3v) is 31.4. The van der Waals surface area contributed by atoms with E-state index in [0.29, 0.717) is 0 Å². The fourth-order valence-electron chi connectivity index (χ4n) is 24.5. The fourth-order valence-corrected chi connectivity index (χ4v) is 24.5. The summed E-state index contributed by atoms with van der Waals surface area (Å²) in [5.74, 6) is 0.